The fraction of sp³-hybridized carbons (Fsp3) is 0.375. The number of nitrogens with zero attached hydrogens (tertiary/aromatic N) is 2. The minimum absolute atomic E-state index is 0.287. The molecule has 2 atom stereocenters. The van der Waals surface area contributed by atoms with E-state index in [1.54, 1.807) is 12.1 Å². The third-order valence-electron chi connectivity index (χ3n) is 4.01. The van der Waals surface area contributed by atoms with E-state index in [1.165, 1.54) is 18.6 Å². The van der Waals surface area contributed by atoms with Crippen molar-refractivity contribution < 1.29 is 4.39 Å². The number of benzene rings is 1. The SMILES string of the molecule is CC1CCC(c2nc(Cl)c(-c3cccc(F)c3)c(Cl)n2)C1. The minimum atomic E-state index is -0.340. The van der Waals surface area contributed by atoms with Gasteiger partial charge in [-0.05, 0) is 42.9 Å². The maximum atomic E-state index is 13.4. The zero-order chi connectivity index (χ0) is 15.0. The van der Waals surface area contributed by atoms with E-state index in [0.717, 1.165) is 12.8 Å². The predicted molar refractivity (Wildman–Crippen MR) is 83.2 cm³/mol. The van der Waals surface area contributed by atoms with E-state index in [4.69, 9.17) is 23.2 Å². The van der Waals surface area contributed by atoms with Gasteiger partial charge in [-0.3, -0.25) is 0 Å². The average Bonchev–Trinajstić information content (AvgIpc) is 2.85. The molecule has 0 saturated heterocycles. The van der Waals surface area contributed by atoms with Gasteiger partial charge in [0.15, 0.2) is 0 Å². The predicted octanol–water partition coefficient (Wildman–Crippen LogP) is 5.49. The largest absolute Gasteiger partial charge is 0.220 e. The van der Waals surface area contributed by atoms with E-state index < -0.39 is 0 Å². The number of hydrogen-bond donors (Lipinski definition) is 0. The second kappa shape index (κ2) is 5.90. The number of aromatic nitrogens is 2. The van der Waals surface area contributed by atoms with Crippen molar-refractivity contribution >= 4 is 23.2 Å². The second-order valence-corrected chi connectivity index (χ2v) is 6.38. The highest BCUT2D eigenvalue weighted by Gasteiger charge is 2.26. The van der Waals surface area contributed by atoms with Crippen molar-refractivity contribution in [3.8, 4) is 11.1 Å². The molecule has 0 bridgehead atoms. The first kappa shape index (κ1) is 14.7. The monoisotopic (exact) mass is 324 g/mol. The van der Waals surface area contributed by atoms with Gasteiger partial charge in [0.25, 0.3) is 0 Å². The Hall–Kier alpha value is -1.19. The van der Waals surface area contributed by atoms with Crippen LogP contribution in [0.15, 0.2) is 24.3 Å². The molecule has 0 N–H and O–H groups in total. The van der Waals surface area contributed by atoms with Crippen LogP contribution in [0.25, 0.3) is 11.1 Å². The van der Waals surface area contributed by atoms with E-state index in [-0.39, 0.29) is 16.1 Å². The molecule has 0 radical (unpaired) electrons. The molecule has 1 heterocycles. The van der Waals surface area contributed by atoms with Crippen LogP contribution in [0.4, 0.5) is 4.39 Å². The molecule has 5 heteroatoms. The summed E-state index contributed by atoms with van der Waals surface area (Å²) >= 11 is 12.6. The molecule has 1 saturated carbocycles. The van der Waals surface area contributed by atoms with Crippen LogP contribution in [0.1, 0.15) is 37.9 Å². The summed E-state index contributed by atoms with van der Waals surface area (Å²) in [5.74, 6) is 1.36. The third-order valence-corrected chi connectivity index (χ3v) is 4.56. The Balaban J connectivity index is 2.00. The number of rotatable bonds is 2. The van der Waals surface area contributed by atoms with Gasteiger partial charge in [0.2, 0.25) is 0 Å². The first-order valence-corrected chi connectivity index (χ1v) is 7.79. The molecule has 3 rings (SSSR count). The number of hydrogen-bond acceptors (Lipinski definition) is 2. The lowest BCUT2D eigenvalue weighted by molar-refractivity contribution is 0.585. The van der Waals surface area contributed by atoms with E-state index in [9.17, 15) is 4.39 Å². The Morgan fingerprint density at radius 1 is 1.14 bits per heavy atom. The zero-order valence-electron chi connectivity index (χ0n) is 11.6. The first-order valence-electron chi connectivity index (χ1n) is 7.03. The van der Waals surface area contributed by atoms with Gasteiger partial charge >= 0.3 is 0 Å². The Morgan fingerprint density at radius 3 is 2.43 bits per heavy atom. The fourth-order valence-corrected chi connectivity index (χ4v) is 3.55. The molecule has 0 amide bonds. The Labute approximate surface area is 133 Å². The van der Waals surface area contributed by atoms with E-state index in [2.05, 4.69) is 16.9 Å². The molecular formula is C16H15Cl2FN2. The van der Waals surface area contributed by atoms with Gasteiger partial charge in [0, 0.05) is 5.92 Å². The average molecular weight is 325 g/mol. The molecule has 110 valence electrons. The van der Waals surface area contributed by atoms with E-state index in [1.807, 2.05) is 0 Å². The summed E-state index contributed by atoms with van der Waals surface area (Å²) in [6.07, 6.45) is 3.30. The summed E-state index contributed by atoms with van der Waals surface area (Å²) < 4.78 is 13.4. The molecule has 2 nitrogen and oxygen atoms in total. The van der Waals surface area contributed by atoms with Gasteiger partial charge in [-0.25, -0.2) is 14.4 Å². The lowest BCUT2D eigenvalue weighted by Gasteiger charge is -2.12. The van der Waals surface area contributed by atoms with Crippen molar-refractivity contribution in [3.63, 3.8) is 0 Å². The summed E-state index contributed by atoms with van der Waals surface area (Å²) in [4.78, 5) is 8.81. The topological polar surface area (TPSA) is 25.8 Å². The van der Waals surface area contributed by atoms with Crippen molar-refractivity contribution in [3.05, 3.63) is 46.2 Å². The molecule has 1 aliphatic carbocycles. The maximum Gasteiger partial charge on any atom is 0.142 e. The van der Waals surface area contributed by atoms with Crippen molar-refractivity contribution in [1.29, 1.82) is 0 Å². The van der Waals surface area contributed by atoms with Crippen molar-refractivity contribution in [2.24, 2.45) is 5.92 Å². The standard InChI is InChI=1S/C16H15Cl2FN2/c1-9-5-6-11(7-9)16-20-14(17)13(15(18)21-16)10-3-2-4-12(19)8-10/h2-4,8-9,11H,5-7H2,1H3. The van der Waals surface area contributed by atoms with Crippen LogP contribution in [-0.2, 0) is 0 Å². The molecule has 2 unspecified atom stereocenters. The van der Waals surface area contributed by atoms with Crippen LogP contribution in [0.5, 0.6) is 0 Å². The van der Waals surface area contributed by atoms with Crippen LogP contribution in [-0.4, -0.2) is 9.97 Å². The van der Waals surface area contributed by atoms with Gasteiger partial charge < -0.3 is 0 Å². The summed E-state index contributed by atoms with van der Waals surface area (Å²) in [7, 11) is 0. The van der Waals surface area contributed by atoms with Gasteiger partial charge in [0.1, 0.15) is 21.9 Å². The lowest BCUT2D eigenvalue weighted by Crippen LogP contribution is -2.03. The van der Waals surface area contributed by atoms with Gasteiger partial charge in [-0.15, -0.1) is 0 Å². The normalized spacial score (nSPS) is 21.7. The molecule has 1 aliphatic rings. The van der Waals surface area contributed by atoms with Gasteiger partial charge in [-0.1, -0.05) is 42.3 Å². The molecule has 0 spiro atoms. The fourth-order valence-electron chi connectivity index (χ4n) is 2.93. The third kappa shape index (κ3) is 3.04. The highest BCUT2D eigenvalue weighted by atomic mass is 35.5. The summed E-state index contributed by atoms with van der Waals surface area (Å²) in [5, 5.41) is 0.574. The quantitative estimate of drug-likeness (QED) is 0.682. The van der Waals surface area contributed by atoms with Gasteiger partial charge in [0.05, 0.1) is 5.56 Å². The van der Waals surface area contributed by atoms with Crippen LogP contribution < -0.4 is 0 Å². The van der Waals surface area contributed by atoms with E-state index >= 15 is 0 Å². The van der Waals surface area contributed by atoms with Crippen molar-refractivity contribution in [1.82, 2.24) is 9.97 Å². The van der Waals surface area contributed by atoms with Crippen molar-refractivity contribution in [2.75, 3.05) is 0 Å². The molecule has 1 fully saturated rings. The molecule has 0 aliphatic heterocycles. The number of halogens is 3. The highest BCUT2D eigenvalue weighted by molar-refractivity contribution is 6.37. The van der Waals surface area contributed by atoms with Crippen LogP contribution in [0.2, 0.25) is 10.3 Å². The summed E-state index contributed by atoms with van der Waals surface area (Å²) in [6, 6.07) is 6.12. The molecule has 2 aromatic rings. The van der Waals surface area contributed by atoms with Crippen LogP contribution >= 0.6 is 23.2 Å². The van der Waals surface area contributed by atoms with Crippen molar-refractivity contribution in [2.45, 2.75) is 32.1 Å². The zero-order valence-corrected chi connectivity index (χ0v) is 13.1. The second-order valence-electron chi connectivity index (χ2n) is 5.66. The Kier molecular flexibility index (Phi) is 4.14. The summed E-state index contributed by atoms with van der Waals surface area (Å²) in [5.41, 5.74) is 1.09. The van der Waals surface area contributed by atoms with Gasteiger partial charge in [-0.2, -0.15) is 0 Å². The first-order chi connectivity index (χ1) is 10.0. The Morgan fingerprint density at radius 2 is 1.86 bits per heavy atom. The highest BCUT2D eigenvalue weighted by Crippen LogP contribution is 2.39. The molecule has 1 aromatic carbocycles. The molecule has 21 heavy (non-hydrogen) atoms. The molecule has 1 aromatic heterocycles. The van der Waals surface area contributed by atoms with E-state index in [0.29, 0.717) is 28.8 Å². The van der Waals surface area contributed by atoms with Crippen LogP contribution in [0, 0.1) is 11.7 Å². The lowest BCUT2D eigenvalue weighted by atomic mass is 10.0. The maximum absolute atomic E-state index is 13.4. The smallest absolute Gasteiger partial charge is 0.142 e. The Bertz CT molecular complexity index is 652. The van der Waals surface area contributed by atoms with Crippen LogP contribution in [0.3, 0.4) is 0 Å². The minimum Gasteiger partial charge on any atom is -0.220 e. The summed E-state index contributed by atoms with van der Waals surface area (Å²) in [6.45, 7) is 2.23. The molecular weight excluding hydrogens is 310 g/mol.